The van der Waals surface area contributed by atoms with E-state index in [0.29, 0.717) is 15.6 Å². The van der Waals surface area contributed by atoms with Crippen LogP contribution in [0.1, 0.15) is 19.4 Å². The van der Waals surface area contributed by atoms with E-state index < -0.39 is 4.92 Å². The van der Waals surface area contributed by atoms with E-state index in [1.807, 2.05) is 13.8 Å². The fourth-order valence-electron chi connectivity index (χ4n) is 0.737. The summed E-state index contributed by atoms with van der Waals surface area (Å²) in [6, 6.07) is 2.56. The number of nitrogens with zero attached hydrogens (tertiary/aromatic N) is 1. The lowest BCUT2D eigenvalue weighted by Gasteiger charge is -1.99. The van der Waals surface area contributed by atoms with Gasteiger partial charge in [-0.2, -0.15) is 0 Å². The summed E-state index contributed by atoms with van der Waals surface area (Å²) in [5, 5.41) is 10.9. The number of nitro groups is 1. The molecule has 0 fully saturated rings. The van der Waals surface area contributed by atoms with Crippen molar-refractivity contribution in [3.8, 4) is 0 Å². The first-order valence-electron chi connectivity index (χ1n) is 4.12. The normalized spacial score (nSPS) is 8.93. The van der Waals surface area contributed by atoms with E-state index in [-0.39, 0.29) is 5.69 Å². The molecule has 78 valence electrons. The number of hydrogen-bond donors (Lipinski definition) is 0. The molecule has 0 bridgehead atoms. The molecule has 1 aromatic carbocycles. The van der Waals surface area contributed by atoms with Gasteiger partial charge in [0, 0.05) is 12.1 Å². The zero-order valence-electron chi connectivity index (χ0n) is 8.17. The molecule has 0 atom stereocenters. The molecule has 0 aliphatic heterocycles. The molecule has 0 unspecified atom stereocenters. The Hall–Kier alpha value is -0.800. The predicted octanol–water partition coefficient (Wildman–Crippen LogP) is 4.24. The molecule has 1 rings (SSSR count). The summed E-state index contributed by atoms with van der Waals surface area (Å²) in [4.78, 5) is 9.77. The number of nitro benzene ring substituents is 1. The van der Waals surface area contributed by atoms with Gasteiger partial charge in [-0.1, -0.05) is 37.0 Å². The van der Waals surface area contributed by atoms with Crippen molar-refractivity contribution < 1.29 is 4.92 Å². The second-order valence-corrected chi connectivity index (χ2v) is 3.11. The van der Waals surface area contributed by atoms with Crippen LogP contribution in [0.15, 0.2) is 12.1 Å². The second-order valence-electron chi connectivity index (χ2n) is 2.29. The third kappa shape index (κ3) is 3.16. The number of rotatable bonds is 1. The van der Waals surface area contributed by atoms with Gasteiger partial charge in [-0.25, -0.2) is 0 Å². The summed E-state index contributed by atoms with van der Waals surface area (Å²) in [5.41, 5.74) is 0.569. The van der Waals surface area contributed by atoms with Gasteiger partial charge in [0.1, 0.15) is 0 Å². The smallest absolute Gasteiger partial charge is 0.258 e. The highest BCUT2D eigenvalue weighted by Gasteiger charge is 2.10. The first-order chi connectivity index (χ1) is 6.52. The number of hydrogen-bond acceptors (Lipinski definition) is 2. The molecule has 0 saturated heterocycles. The van der Waals surface area contributed by atoms with Gasteiger partial charge < -0.3 is 0 Å². The van der Waals surface area contributed by atoms with Crippen molar-refractivity contribution in [1.29, 1.82) is 0 Å². The van der Waals surface area contributed by atoms with Gasteiger partial charge in [0.15, 0.2) is 0 Å². The van der Waals surface area contributed by atoms with Crippen LogP contribution in [0.4, 0.5) is 5.69 Å². The Bertz CT molecular complexity index is 317. The minimum absolute atomic E-state index is 0.0874. The maximum absolute atomic E-state index is 10.3. The van der Waals surface area contributed by atoms with Crippen molar-refractivity contribution >= 4 is 28.9 Å². The Kier molecular flexibility index (Phi) is 5.50. The molecule has 0 amide bonds. The Morgan fingerprint density at radius 2 is 1.57 bits per heavy atom. The SMILES string of the molecule is CC.Cc1c(Cl)cc([N+](=O)[O-])cc1Cl. The quantitative estimate of drug-likeness (QED) is 0.540. The van der Waals surface area contributed by atoms with Crippen LogP contribution in [0.2, 0.25) is 10.0 Å². The summed E-state index contributed by atoms with van der Waals surface area (Å²) < 4.78 is 0. The molecule has 0 aliphatic rings. The molecular formula is C9H11Cl2NO2. The Morgan fingerprint density at radius 3 is 1.86 bits per heavy atom. The van der Waals surface area contributed by atoms with E-state index in [4.69, 9.17) is 23.2 Å². The molecule has 0 heterocycles. The van der Waals surface area contributed by atoms with Crippen LogP contribution < -0.4 is 0 Å². The average Bonchev–Trinajstić information content (AvgIpc) is 2.16. The lowest BCUT2D eigenvalue weighted by Crippen LogP contribution is -1.89. The largest absolute Gasteiger partial charge is 0.272 e. The molecule has 0 N–H and O–H groups in total. The first-order valence-corrected chi connectivity index (χ1v) is 4.88. The van der Waals surface area contributed by atoms with Gasteiger partial charge >= 0.3 is 0 Å². The van der Waals surface area contributed by atoms with Crippen LogP contribution >= 0.6 is 23.2 Å². The minimum atomic E-state index is -0.531. The van der Waals surface area contributed by atoms with Gasteiger partial charge in [0.25, 0.3) is 5.69 Å². The monoisotopic (exact) mass is 235 g/mol. The average molecular weight is 236 g/mol. The lowest BCUT2D eigenvalue weighted by atomic mass is 10.2. The Balaban J connectivity index is 0.000000791. The highest BCUT2D eigenvalue weighted by Crippen LogP contribution is 2.28. The number of halogens is 2. The van der Waals surface area contributed by atoms with Crippen LogP contribution in [0.3, 0.4) is 0 Å². The first kappa shape index (κ1) is 13.2. The van der Waals surface area contributed by atoms with Gasteiger partial charge in [-0.3, -0.25) is 10.1 Å². The molecule has 0 aromatic heterocycles. The van der Waals surface area contributed by atoms with Crippen molar-refractivity contribution in [3.63, 3.8) is 0 Å². The van der Waals surface area contributed by atoms with Crippen LogP contribution in [0.25, 0.3) is 0 Å². The predicted molar refractivity (Wildman–Crippen MR) is 59.2 cm³/mol. The maximum Gasteiger partial charge on any atom is 0.272 e. The van der Waals surface area contributed by atoms with E-state index in [9.17, 15) is 10.1 Å². The molecule has 0 saturated carbocycles. The molecule has 0 aliphatic carbocycles. The van der Waals surface area contributed by atoms with Crippen molar-refractivity contribution in [2.24, 2.45) is 0 Å². The van der Waals surface area contributed by atoms with Crippen LogP contribution in [-0.2, 0) is 0 Å². The van der Waals surface area contributed by atoms with Crippen LogP contribution in [0.5, 0.6) is 0 Å². The molecule has 1 aromatic rings. The molecule has 14 heavy (non-hydrogen) atoms. The maximum atomic E-state index is 10.3. The van der Waals surface area contributed by atoms with Gasteiger partial charge in [-0.05, 0) is 12.5 Å². The van der Waals surface area contributed by atoms with Gasteiger partial charge in [0.2, 0.25) is 0 Å². The Morgan fingerprint density at radius 1 is 1.21 bits per heavy atom. The van der Waals surface area contributed by atoms with Crippen molar-refractivity contribution in [1.82, 2.24) is 0 Å². The topological polar surface area (TPSA) is 43.1 Å². The van der Waals surface area contributed by atoms with E-state index in [1.54, 1.807) is 6.92 Å². The summed E-state index contributed by atoms with van der Waals surface area (Å²) in [6.07, 6.45) is 0. The summed E-state index contributed by atoms with van der Waals surface area (Å²) in [5.74, 6) is 0. The summed E-state index contributed by atoms with van der Waals surface area (Å²) >= 11 is 11.3. The van der Waals surface area contributed by atoms with Crippen molar-refractivity contribution in [2.45, 2.75) is 20.8 Å². The van der Waals surface area contributed by atoms with Crippen LogP contribution in [0, 0.1) is 17.0 Å². The molecular weight excluding hydrogens is 225 g/mol. The van der Waals surface area contributed by atoms with Crippen molar-refractivity contribution in [2.75, 3.05) is 0 Å². The fourth-order valence-corrected chi connectivity index (χ4v) is 1.21. The summed E-state index contributed by atoms with van der Waals surface area (Å²) in [6.45, 7) is 5.70. The number of benzene rings is 1. The molecule has 0 spiro atoms. The highest BCUT2D eigenvalue weighted by molar-refractivity contribution is 6.36. The van der Waals surface area contributed by atoms with E-state index in [0.717, 1.165) is 0 Å². The lowest BCUT2D eigenvalue weighted by molar-refractivity contribution is -0.384. The Labute approximate surface area is 92.8 Å². The standard InChI is InChI=1S/C7H5Cl2NO2.C2H6/c1-4-6(8)2-5(10(11)12)3-7(4)9;1-2/h2-3H,1H3;1-2H3. The molecule has 3 nitrogen and oxygen atoms in total. The minimum Gasteiger partial charge on any atom is -0.258 e. The third-order valence-corrected chi connectivity index (χ3v) is 2.26. The summed E-state index contributed by atoms with van der Waals surface area (Å²) in [7, 11) is 0. The molecule has 0 radical (unpaired) electrons. The highest BCUT2D eigenvalue weighted by atomic mass is 35.5. The van der Waals surface area contributed by atoms with Gasteiger partial charge in [0.05, 0.1) is 15.0 Å². The van der Waals surface area contributed by atoms with E-state index in [1.165, 1.54) is 12.1 Å². The zero-order chi connectivity index (χ0) is 11.3. The van der Waals surface area contributed by atoms with Gasteiger partial charge in [-0.15, -0.1) is 0 Å². The third-order valence-electron chi connectivity index (χ3n) is 1.48. The zero-order valence-corrected chi connectivity index (χ0v) is 9.69. The van der Waals surface area contributed by atoms with Crippen LogP contribution in [-0.4, -0.2) is 4.92 Å². The van der Waals surface area contributed by atoms with Crippen molar-refractivity contribution in [3.05, 3.63) is 37.9 Å². The fraction of sp³-hybridized carbons (Fsp3) is 0.333. The van der Waals surface area contributed by atoms with E-state index in [2.05, 4.69) is 0 Å². The molecule has 5 heteroatoms. The van der Waals surface area contributed by atoms with E-state index >= 15 is 0 Å². The number of non-ortho nitro benzene ring substituents is 1. The second kappa shape index (κ2) is 5.83.